The van der Waals surface area contributed by atoms with Crippen LogP contribution in [0.2, 0.25) is 0 Å². The average Bonchev–Trinajstić information content (AvgIpc) is 3.10. The van der Waals surface area contributed by atoms with Crippen LogP contribution in [0, 0.1) is 6.92 Å². The number of carbonyl (C=O) groups excluding carboxylic acids is 2. The first kappa shape index (κ1) is 21.3. The van der Waals surface area contributed by atoms with Crippen molar-refractivity contribution < 1.29 is 9.59 Å². The molecule has 0 saturated heterocycles. The second-order valence-corrected chi connectivity index (χ2v) is 7.97. The number of fused-ring (bicyclic) bond motifs is 1. The number of nitrogens with one attached hydrogen (secondary N) is 3. The molecule has 4 rings (SSSR count). The highest BCUT2D eigenvalue weighted by Crippen LogP contribution is 2.27. The molecular weight excluding hydrogens is 428 g/mol. The van der Waals surface area contributed by atoms with Gasteiger partial charge < -0.3 is 10.6 Å². The van der Waals surface area contributed by atoms with E-state index in [-0.39, 0.29) is 17.6 Å². The Bertz CT molecular complexity index is 1350. The minimum absolute atomic E-state index is 0.0559. The number of nitrogens with zero attached hydrogens (tertiary/aromatic N) is 3. The third-order valence-corrected chi connectivity index (χ3v) is 5.41. The van der Waals surface area contributed by atoms with Crippen molar-refractivity contribution >= 4 is 40.6 Å². The van der Waals surface area contributed by atoms with Gasteiger partial charge in [0, 0.05) is 23.9 Å². The van der Waals surface area contributed by atoms with E-state index < -0.39 is 5.69 Å². The maximum atomic E-state index is 12.5. The Kier molecular flexibility index (Phi) is 6.04. The highest BCUT2D eigenvalue weighted by molar-refractivity contribution is 7.99. The highest BCUT2D eigenvalue weighted by Gasteiger charge is 2.16. The fraction of sp³-hybridized carbons (Fsp3) is 0.136. The number of aromatic amines is 1. The van der Waals surface area contributed by atoms with Crippen molar-refractivity contribution in [2.45, 2.75) is 19.0 Å². The van der Waals surface area contributed by atoms with Crippen LogP contribution in [-0.2, 0) is 9.59 Å². The minimum Gasteiger partial charge on any atom is -0.326 e. The zero-order chi connectivity index (χ0) is 22.7. The summed E-state index contributed by atoms with van der Waals surface area (Å²) in [6, 6.07) is 16.4. The Balaban J connectivity index is 1.49. The van der Waals surface area contributed by atoms with Crippen LogP contribution in [0.1, 0.15) is 12.6 Å². The van der Waals surface area contributed by atoms with E-state index in [1.165, 1.54) is 11.4 Å². The van der Waals surface area contributed by atoms with Crippen LogP contribution in [0.25, 0.3) is 16.8 Å². The predicted octanol–water partition coefficient (Wildman–Crippen LogP) is 3.08. The molecule has 0 spiro atoms. The molecule has 0 radical (unpaired) electrons. The second-order valence-electron chi connectivity index (χ2n) is 7.00. The van der Waals surface area contributed by atoms with E-state index >= 15 is 0 Å². The number of rotatable bonds is 6. The molecule has 0 aliphatic carbocycles. The Labute approximate surface area is 187 Å². The molecule has 162 valence electrons. The van der Waals surface area contributed by atoms with Gasteiger partial charge in [-0.2, -0.15) is 9.61 Å². The van der Waals surface area contributed by atoms with Crippen LogP contribution in [0.5, 0.6) is 0 Å². The summed E-state index contributed by atoms with van der Waals surface area (Å²) in [6.07, 6.45) is 0. The second kappa shape index (κ2) is 9.06. The zero-order valence-corrected chi connectivity index (χ0v) is 18.2. The molecule has 0 saturated carbocycles. The topological polar surface area (TPSA) is 121 Å². The SMILES string of the molecule is CC(=O)Nc1ccc(NC(=O)CSc2nc3c(-c4ccccc4)c(C)nn3c(=O)[nH]2)cc1. The molecule has 0 bridgehead atoms. The number of carbonyl (C=O) groups is 2. The van der Waals surface area contributed by atoms with Crippen molar-refractivity contribution in [3.8, 4) is 11.1 Å². The molecule has 32 heavy (non-hydrogen) atoms. The molecule has 2 aromatic carbocycles. The van der Waals surface area contributed by atoms with E-state index in [0.717, 1.165) is 22.9 Å². The fourth-order valence-corrected chi connectivity index (χ4v) is 3.86. The Morgan fingerprint density at radius 1 is 1.03 bits per heavy atom. The van der Waals surface area contributed by atoms with Crippen LogP contribution in [0.15, 0.2) is 64.5 Å². The van der Waals surface area contributed by atoms with E-state index in [9.17, 15) is 14.4 Å². The molecule has 2 aromatic heterocycles. The number of amides is 2. The van der Waals surface area contributed by atoms with Crippen LogP contribution in [-0.4, -0.2) is 37.1 Å². The summed E-state index contributed by atoms with van der Waals surface area (Å²) in [5, 5.41) is 10.1. The number of anilines is 2. The monoisotopic (exact) mass is 448 g/mol. The van der Waals surface area contributed by atoms with Gasteiger partial charge in [0.15, 0.2) is 10.8 Å². The van der Waals surface area contributed by atoms with E-state index in [1.807, 2.05) is 37.3 Å². The van der Waals surface area contributed by atoms with Crippen molar-refractivity contribution in [1.82, 2.24) is 19.6 Å². The number of hydrogen-bond donors (Lipinski definition) is 3. The predicted molar refractivity (Wildman–Crippen MR) is 124 cm³/mol. The third-order valence-electron chi connectivity index (χ3n) is 4.54. The minimum atomic E-state index is -0.420. The summed E-state index contributed by atoms with van der Waals surface area (Å²) in [6.45, 7) is 3.25. The molecule has 2 heterocycles. The Morgan fingerprint density at radius 3 is 2.34 bits per heavy atom. The van der Waals surface area contributed by atoms with E-state index in [0.29, 0.717) is 27.9 Å². The standard InChI is InChI=1S/C22H20N6O3S/c1-13-19(15-6-4-3-5-7-15)20-25-21(26-22(31)28(20)27-13)32-12-18(30)24-17-10-8-16(9-11-17)23-14(2)29/h3-11H,12H2,1-2H3,(H,23,29)(H,24,30)(H,25,26,31). The summed E-state index contributed by atoms with van der Waals surface area (Å²) in [5.41, 5.74) is 3.64. The Morgan fingerprint density at radius 2 is 1.69 bits per heavy atom. The van der Waals surface area contributed by atoms with Gasteiger partial charge in [0.2, 0.25) is 11.8 Å². The molecule has 0 aliphatic heterocycles. The maximum Gasteiger partial charge on any atom is 0.350 e. The van der Waals surface area contributed by atoms with Crippen molar-refractivity contribution in [2.75, 3.05) is 16.4 Å². The summed E-state index contributed by atoms with van der Waals surface area (Å²) in [7, 11) is 0. The van der Waals surface area contributed by atoms with Crippen molar-refractivity contribution in [1.29, 1.82) is 0 Å². The van der Waals surface area contributed by atoms with Gasteiger partial charge in [-0.3, -0.25) is 14.6 Å². The first-order valence-corrected chi connectivity index (χ1v) is 10.7. The molecule has 0 unspecified atom stereocenters. The number of aryl methyl sites for hydroxylation is 1. The number of aromatic nitrogens is 4. The van der Waals surface area contributed by atoms with E-state index in [2.05, 4.69) is 25.7 Å². The van der Waals surface area contributed by atoms with Gasteiger partial charge >= 0.3 is 5.69 Å². The third kappa shape index (κ3) is 4.70. The maximum absolute atomic E-state index is 12.5. The number of H-pyrrole nitrogens is 1. The van der Waals surface area contributed by atoms with Gasteiger partial charge in [-0.1, -0.05) is 42.1 Å². The van der Waals surface area contributed by atoms with Crippen LogP contribution >= 0.6 is 11.8 Å². The lowest BCUT2D eigenvalue weighted by atomic mass is 10.1. The molecule has 3 N–H and O–H groups in total. The summed E-state index contributed by atoms with van der Waals surface area (Å²) in [5.74, 6) is -0.362. The van der Waals surface area contributed by atoms with E-state index in [1.54, 1.807) is 24.3 Å². The molecule has 2 amide bonds. The zero-order valence-electron chi connectivity index (χ0n) is 17.4. The number of hydrogen-bond acceptors (Lipinski definition) is 6. The molecule has 0 atom stereocenters. The number of thioether (sulfide) groups is 1. The van der Waals surface area contributed by atoms with Gasteiger partial charge in [-0.15, -0.1) is 0 Å². The van der Waals surface area contributed by atoms with Crippen molar-refractivity contribution in [3.63, 3.8) is 0 Å². The van der Waals surface area contributed by atoms with Gasteiger partial charge in [0.25, 0.3) is 0 Å². The molecule has 0 fully saturated rings. The van der Waals surface area contributed by atoms with Crippen molar-refractivity contribution in [2.24, 2.45) is 0 Å². The molecule has 10 heteroatoms. The summed E-state index contributed by atoms with van der Waals surface area (Å²) >= 11 is 1.12. The molecule has 4 aromatic rings. The largest absolute Gasteiger partial charge is 0.350 e. The normalized spacial score (nSPS) is 10.8. The summed E-state index contributed by atoms with van der Waals surface area (Å²) in [4.78, 5) is 43.1. The first-order chi connectivity index (χ1) is 15.4. The van der Waals surface area contributed by atoms with Gasteiger partial charge in [0.05, 0.1) is 11.4 Å². The van der Waals surface area contributed by atoms with Crippen molar-refractivity contribution in [3.05, 3.63) is 70.8 Å². The lowest BCUT2D eigenvalue weighted by Crippen LogP contribution is -2.20. The highest BCUT2D eigenvalue weighted by atomic mass is 32.2. The van der Waals surface area contributed by atoms with Crippen LogP contribution in [0.4, 0.5) is 11.4 Å². The van der Waals surface area contributed by atoms with Gasteiger partial charge in [-0.25, -0.2) is 9.78 Å². The smallest absolute Gasteiger partial charge is 0.326 e. The van der Waals surface area contributed by atoms with E-state index in [4.69, 9.17) is 0 Å². The lowest BCUT2D eigenvalue weighted by Gasteiger charge is -2.07. The Hall–Kier alpha value is -3.92. The first-order valence-electron chi connectivity index (χ1n) is 9.76. The lowest BCUT2D eigenvalue weighted by molar-refractivity contribution is -0.114. The van der Waals surface area contributed by atoms with Crippen LogP contribution in [0.3, 0.4) is 0 Å². The van der Waals surface area contributed by atoms with Gasteiger partial charge in [0.1, 0.15) is 0 Å². The quantitative estimate of drug-likeness (QED) is 0.390. The summed E-state index contributed by atoms with van der Waals surface area (Å²) < 4.78 is 1.23. The van der Waals surface area contributed by atoms with Crippen LogP contribution < -0.4 is 16.3 Å². The molecular formula is C22H20N6O3S. The molecule has 9 nitrogen and oxygen atoms in total. The average molecular weight is 449 g/mol. The number of benzene rings is 2. The van der Waals surface area contributed by atoms with Gasteiger partial charge in [-0.05, 0) is 36.8 Å². The molecule has 0 aliphatic rings. The fourth-order valence-electron chi connectivity index (χ4n) is 3.21.